The van der Waals surface area contributed by atoms with Crippen molar-refractivity contribution < 1.29 is 28.7 Å². The Labute approximate surface area is 174 Å². The molecular weight excluding hydrogens is 392 g/mol. The second kappa shape index (κ2) is 10.4. The van der Waals surface area contributed by atoms with Crippen LogP contribution in [0.5, 0.6) is 5.75 Å². The normalized spacial score (nSPS) is 10.4. The van der Waals surface area contributed by atoms with Crippen LogP contribution in [0.2, 0.25) is 0 Å². The highest BCUT2D eigenvalue weighted by molar-refractivity contribution is 5.97. The van der Waals surface area contributed by atoms with E-state index in [1.807, 2.05) is 6.92 Å². The van der Waals surface area contributed by atoms with E-state index in [1.165, 1.54) is 25.3 Å². The summed E-state index contributed by atoms with van der Waals surface area (Å²) in [6.07, 6.45) is 0. The van der Waals surface area contributed by atoms with Gasteiger partial charge in [0.15, 0.2) is 6.61 Å². The van der Waals surface area contributed by atoms with Crippen LogP contribution in [0.3, 0.4) is 0 Å². The standard InChI is InChI=1S/C21H24N2O7/c1-5-29-11-16-10-15(6-7-19(16)28-4)21(25)30-12-20(24)22-17-8-13(2)14(3)9-18(17)23(26)27/h6-10H,5,11-12H2,1-4H3,(H,22,24). The van der Waals surface area contributed by atoms with Crippen LogP contribution in [-0.2, 0) is 20.9 Å². The van der Waals surface area contributed by atoms with Crippen molar-refractivity contribution in [1.82, 2.24) is 0 Å². The molecule has 0 aliphatic rings. The summed E-state index contributed by atoms with van der Waals surface area (Å²) in [5.74, 6) is -0.822. The molecular formula is C21H24N2O7. The molecule has 2 rings (SSSR count). The van der Waals surface area contributed by atoms with Crippen molar-refractivity contribution in [3.63, 3.8) is 0 Å². The van der Waals surface area contributed by atoms with Crippen LogP contribution in [-0.4, -0.2) is 37.1 Å². The molecule has 0 bridgehead atoms. The third-order valence-corrected chi connectivity index (χ3v) is 4.39. The van der Waals surface area contributed by atoms with Gasteiger partial charge >= 0.3 is 5.97 Å². The van der Waals surface area contributed by atoms with E-state index in [9.17, 15) is 19.7 Å². The smallest absolute Gasteiger partial charge is 0.338 e. The van der Waals surface area contributed by atoms with Crippen LogP contribution in [0.4, 0.5) is 11.4 Å². The molecule has 0 aromatic heterocycles. The van der Waals surface area contributed by atoms with E-state index < -0.39 is 23.4 Å². The van der Waals surface area contributed by atoms with Gasteiger partial charge in [0.1, 0.15) is 11.4 Å². The predicted octanol–water partition coefficient (Wildman–Crippen LogP) is 3.55. The lowest BCUT2D eigenvalue weighted by Gasteiger charge is -2.11. The van der Waals surface area contributed by atoms with Gasteiger partial charge in [0.25, 0.3) is 11.6 Å². The van der Waals surface area contributed by atoms with E-state index in [0.29, 0.717) is 17.9 Å². The number of hydrogen-bond donors (Lipinski definition) is 1. The van der Waals surface area contributed by atoms with E-state index in [1.54, 1.807) is 26.0 Å². The van der Waals surface area contributed by atoms with Crippen molar-refractivity contribution in [3.8, 4) is 5.75 Å². The summed E-state index contributed by atoms with van der Waals surface area (Å²) < 4.78 is 15.6. The number of nitro groups is 1. The van der Waals surface area contributed by atoms with Crippen LogP contribution >= 0.6 is 0 Å². The van der Waals surface area contributed by atoms with Gasteiger partial charge in [-0.25, -0.2) is 4.79 Å². The second-order valence-corrected chi connectivity index (χ2v) is 6.50. The van der Waals surface area contributed by atoms with E-state index in [-0.39, 0.29) is 23.5 Å². The van der Waals surface area contributed by atoms with Crippen LogP contribution in [0.25, 0.3) is 0 Å². The zero-order chi connectivity index (χ0) is 22.3. The van der Waals surface area contributed by atoms with Crippen molar-refractivity contribution in [2.45, 2.75) is 27.4 Å². The number of aryl methyl sites for hydroxylation is 2. The molecule has 1 amide bonds. The molecule has 0 unspecified atom stereocenters. The number of carbonyl (C=O) groups excluding carboxylic acids is 2. The number of nitrogens with zero attached hydrogens (tertiary/aromatic N) is 1. The van der Waals surface area contributed by atoms with Crippen LogP contribution in [0.1, 0.15) is 34.0 Å². The average Bonchev–Trinajstić information content (AvgIpc) is 2.72. The molecule has 1 N–H and O–H groups in total. The quantitative estimate of drug-likeness (QED) is 0.377. The Morgan fingerprint density at radius 2 is 1.83 bits per heavy atom. The van der Waals surface area contributed by atoms with Gasteiger partial charge in [0, 0.05) is 18.2 Å². The van der Waals surface area contributed by atoms with Gasteiger partial charge in [-0.15, -0.1) is 0 Å². The molecule has 0 fully saturated rings. The molecule has 0 aliphatic carbocycles. The van der Waals surface area contributed by atoms with E-state index >= 15 is 0 Å². The summed E-state index contributed by atoms with van der Waals surface area (Å²) in [7, 11) is 1.51. The van der Waals surface area contributed by atoms with Gasteiger partial charge in [0.05, 0.1) is 24.2 Å². The lowest BCUT2D eigenvalue weighted by molar-refractivity contribution is -0.384. The monoisotopic (exact) mass is 416 g/mol. The topological polar surface area (TPSA) is 117 Å². The highest BCUT2D eigenvalue weighted by Crippen LogP contribution is 2.28. The van der Waals surface area contributed by atoms with Gasteiger partial charge in [-0.3, -0.25) is 14.9 Å². The first-order valence-corrected chi connectivity index (χ1v) is 9.24. The first-order valence-electron chi connectivity index (χ1n) is 9.24. The van der Waals surface area contributed by atoms with Gasteiger partial charge in [-0.05, 0) is 56.2 Å². The Morgan fingerprint density at radius 1 is 1.13 bits per heavy atom. The number of methoxy groups -OCH3 is 1. The molecule has 2 aromatic carbocycles. The lowest BCUT2D eigenvalue weighted by atomic mass is 10.1. The number of rotatable bonds is 9. The van der Waals surface area contributed by atoms with E-state index in [2.05, 4.69) is 5.32 Å². The number of esters is 1. The molecule has 0 spiro atoms. The number of carbonyl (C=O) groups is 2. The summed E-state index contributed by atoms with van der Waals surface area (Å²) in [5.41, 5.74) is 2.24. The molecule has 0 heterocycles. The number of nitrogens with one attached hydrogen (secondary N) is 1. The second-order valence-electron chi connectivity index (χ2n) is 6.50. The molecule has 9 heteroatoms. The highest BCUT2D eigenvalue weighted by atomic mass is 16.6. The fraction of sp³-hybridized carbons (Fsp3) is 0.333. The van der Waals surface area contributed by atoms with Gasteiger partial charge < -0.3 is 19.5 Å². The van der Waals surface area contributed by atoms with Crippen LogP contribution in [0, 0.1) is 24.0 Å². The SMILES string of the molecule is CCOCc1cc(C(=O)OCC(=O)Nc2cc(C)c(C)cc2[N+](=O)[O-])ccc1OC. The summed E-state index contributed by atoms with van der Waals surface area (Å²) in [4.78, 5) is 35.1. The summed E-state index contributed by atoms with van der Waals surface area (Å²) >= 11 is 0. The average molecular weight is 416 g/mol. The summed E-state index contributed by atoms with van der Waals surface area (Å²) in [5, 5.41) is 13.7. The molecule has 9 nitrogen and oxygen atoms in total. The zero-order valence-electron chi connectivity index (χ0n) is 17.3. The maximum absolute atomic E-state index is 12.3. The molecule has 0 atom stereocenters. The van der Waals surface area contributed by atoms with Crippen molar-refractivity contribution in [2.24, 2.45) is 0 Å². The maximum Gasteiger partial charge on any atom is 0.338 e. The Bertz CT molecular complexity index is 957. The van der Waals surface area contributed by atoms with E-state index in [4.69, 9.17) is 14.2 Å². The third-order valence-electron chi connectivity index (χ3n) is 4.39. The molecule has 0 saturated carbocycles. The van der Waals surface area contributed by atoms with Crippen LogP contribution in [0.15, 0.2) is 30.3 Å². The van der Waals surface area contributed by atoms with Crippen molar-refractivity contribution >= 4 is 23.3 Å². The molecule has 160 valence electrons. The number of amides is 1. The lowest BCUT2D eigenvalue weighted by Crippen LogP contribution is -2.21. The number of nitro benzene ring substituents is 1. The predicted molar refractivity (Wildman–Crippen MR) is 110 cm³/mol. The third kappa shape index (κ3) is 5.77. The minimum absolute atomic E-state index is 0.0487. The maximum atomic E-state index is 12.3. The number of hydrogen-bond acceptors (Lipinski definition) is 7. The summed E-state index contributed by atoms with van der Waals surface area (Å²) in [6, 6.07) is 7.60. The van der Waals surface area contributed by atoms with Gasteiger partial charge in [-0.2, -0.15) is 0 Å². The Hall–Kier alpha value is -3.46. The molecule has 0 radical (unpaired) electrons. The molecule has 2 aromatic rings. The fourth-order valence-electron chi connectivity index (χ4n) is 2.68. The summed E-state index contributed by atoms with van der Waals surface area (Å²) in [6.45, 7) is 5.54. The Balaban J connectivity index is 2.06. The number of anilines is 1. The van der Waals surface area contributed by atoms with Crippen molar-refractivity contribution in [3.05, 3.63) is 62.7 Å². The van der Waals surface area contributed by atoms with Gasteiger partial charge in [-0.1, -0.05) is 0 Å². The minimum Gasteiger partial charge on any atom is -0.496 e. The van der Waals surface area contributed by atoms with Crippen LogP contribution < -0.4 is 10.1 Å². The molecule has 0 saturated heterocycles. The first-order chi connectivity index (χ1) is 14.3. The van der Waals surface area contributed by atoms with Crippen molar-refractivity contribution in [2.75, 3.05) is 25.6 Å². The number of ether oxygens (including phenoxy) is 3. The minimum atomic E-state index is -0.708. The van der Waals surface area contributed by atoms with Gasteiger partial charge in [0.2, 0.25) is 0 Å². The zero-order valence-corrected chi connectivity index (χ0v) is 17.3. The Kier molecular flexibility index (Phi) is 7.88. The Morgan fingerprint density at radius 3 is 2.47 bits per heavy atom. The highest BCUT2D eigenvalue weighted by Gasteiger charge is 2.19. The molecule has 0 aliphatic heterocycles. The first kappa shape index (κ1) is 22.8. The molecule has 30 heavy (non-hydrogen) atoms. The number of benzene rings is 2. The fourth-order valence-corrected chi connectivity index (χ4v) is 2.68. The largest absolute Gasteiger partial charge is 0.496 e. The van der Waals surface area contributed by atoms with Crippen molar-refractivity contribution in [1.29, 1.82) is 0 Å². The van der Waals surface area contributed by atoms with E-state index in [0.717, 1.165) is 11.1 Å².